The van der Waals surface area contributed by atoms with Gasteiger partial charge >= 0.3 is 6.36 Å². The van der Waals surface area contributed by atoms with Gasteiger partial charge in [-0.25, -0.2) is 0 Å². The summed E-state index contributed by atoms with van der Waals surface area (Å²) in [6.45, 7) is 3.66. The number of hydrogen-bond acceptors (Lipinski definition) is 2. The lowest BCUT2D eigenvalue weighted by Gasteiger charge is -2.12. The van der Waals surface area contributed by atoms with Crippen LogP contribution in [-0.4, -0.2) is 12.4 Å². The zero-order chi connectivity index (χ0) is 13.8. The number of aryl methyl sites for hydroxylation is 2. The Morgan fingerprint density at radius 1 is 1.28 bits per heavy atom. The fourth-order valence-corrected chi connectivity index (χ4v) is 1.79. The van der Waals surface area contributed by atoms with Crippen molar-refractivity contribution in [3.8, 4) is 5.75 Å². The minimum atomic E-state index is -4.64. The largest absolute Gasteiger partial charge is 0.573 e. The van der Waals surface area contributed by atoms with Crippen LogP contribution >= 0.6 is 0 Å². The van der Waals surface area contributed by atoms with E-state index in [-0.39, 0.29) is 11.8 Å². The standard InChI is InChI=1S/C13H18F3NO/c1-9-6-11(5-3-4-10(2)17)8-12(7-9)18-13(14,15)16/h6-8,10H,3-5,17H2,1-2H3/t10-/m1/s1. The van der Waals surface area contributed by atoms with Crippen molar-refractivity contribution in [2.45, 2.75) is 45.5 Å². The van der Waals surface area contributed by atoms with Crippen LogP contribution in [0, 0.1) is 6.92 Å². The molecule has 1 rings (SSSR count). The van der Waals surface area contributed by atoms with Crippen molar-refractivity contribution in [2.75, 3.05) is 0 Å². The van der Waals surface area contributed by atoms with E-state index in [1.54, 1.807) is 6.92 Å². The Bertz CT molecular complexity index is 388. The molecule has 5 heteroatoms. The Hall–Kier alpha value is -1.23. The zero-order valence-corrected chi connectivity index (χ0v) is 10.6. The van der Waals surface area contributed by atoms with Gasteiger partial charge in [0.2, 0.25) is 0 Å². The quantitative estimate of drug-likeness (QED) is 0.879. The molecule has 0 amide bonds. The summed E-state index contributed by atoms with van der Waals surface area (Å²) in [5.41, 5.74) is 7.23. The molecule has 0 heterocycles. The van der Waals surface area contributed by atoms with Crippen molar-refractivity contribution in [2.24, 2.45) is 5.73 Å². The lowest BCUT2D eigenvalue weighted by molar-refractivity contribution is -0.274. The Morgan fingerprint density at radius 2 is 1.94 bits per heavy atom. The SMILES string of the molecule is Cc1cc(CCC[C@@H](C)N)cc(OC(F)(F)F)c1. The minimum Gasteiger partial charge on any atom is -0.406 e. The van der Waals surface area contributed by atoms with E-state index in [0.29, 0.717) is 6.42 Å². The fraction of sp³-hybridized carbons (Fsp3) is 0.538. The average Bonchev–Trinajstić information content (AvgIpc) is 2.12. The van der Waals surface area contributed by atoms with Gasteiger partial charge in [0.05, 0.1) is 0 Å². The number of ether oxygens (including phenoxy) is 1. The predicted molar refractivity (Wildman–Crippen MR) is 64.4 cm³/mol. The molecule has 0 saturated heterocycles. The highest BCUT2D eigenvalue weighted by atomic mass is 19.4. The van der Waals surface area contributed by atoms with Crippen LogP contribution in [0.3, 0.4) is 0 Å². The topological polar surface area (TPSA) is 35.2 Å². The number of alkyl halides is 3. The summed E-state index contributed by atoms with van der Waals surface area (Å²) in [7, 11) is 0. The van der Waals surface area contributed by atoms with Gasteiger partial charge in [-0.1, -0.05) is 6.07 Å². The second kappa shape index (κ2) is 6.09. The highest BCUT2D eigenvalue weighted by Gasteiger charge is 2.31. The van der Waals surface area contributed by atoms with Crippen LogP contribution in [0.4, 0.5) is 13.2 Å². The third kappa shape index (κ3) is 5.91. The predicted octanol–water partition coefficient (Wildman–Crippen LogP) is 3.56. The number of rotatable bonds is 5. The number of benzene rings is 1. The molecule has 0 unspecified atom stereocenters. The summed E-state index contributed by atoms with van der Waals surface area (Å²) in [6, 6.07) is 4.79. The van der Waals surface area contributed by atoms with Crippen LogP contribution in [0.1, 0.15) is 30.9 Å². The van der Waals surface area contributed by atoms with Crippen molar-refractivity contribution in [1.82, 2.24) is 0 Å². The number of nitrogens with two attached hydrogens (primary N) is 1. The van der Waals surface area contributed by atoms with Crippen LogP contribution in [0.15, 0.2) is 18.2 Å². The monoisotopic (exact) mass is 261 g/mol. The first kappa shape index (κ1) is 14.8. The Balaban J connectivity index is 2.69. The summed E-state index contributed by atoms with van der Waals surface area (Å²) >= 11 is 0. The van der Waals surface area contributed by atoms with E-state index in [0.717, 1.165) is 24.0 Å². The van der Waals surface area contributed by atoms with E-state index in [9.17, 15) is 13.2 Å². The first-order valence-corrected chi connectivity index (χ1v) is 5.88. The summed E-state index contributed by atoms with van der Waals surface area (Å²) in [5.74, 6) is -0.154. The van der Waals surface area contributed by atoms with Crippen molar-refractivity contribution >= 4 is 0 Å². The molecule has 102 valence electrons. The second-order valence-electron chi connectivity index (χ2n) is 4.57. The summed E-state index contributed by atoms with van der Waals surface area (Å²) in [6.07, 6.45) is -2.23. The molecule has 0 saturated carbocycles. The molecule has 18 heavy (non-hydrogen) atoms. The maximum absolute atomic E-state index is 12.1. The van der Waals surface area contributed by atoms with Gasteiger partial charge in [-0.3, -0.25) is 0 Å². The van der Waals surface area contributed by atoms with Crippen LogP contribution in [0.25, 0.3) is 0 Å². The van der Waals surface area contributed by atoms with Gasteiger partial charge in [0.15, 0.2) is 0 Å². The summed E-state index contributed by atoms with van der Waals surface area (Å²) in [4.78, 5) is 0. The van der Waals surface area contributed by atoms with Gasteiger partial charge in [0.1, 0.15) is 5.75 Å². The zero-order valence-electron chi connectivity index (χ0n) is 10.6. The van der Waals surface area contributed by atoms with Crippen LogP contribution in [0.5, 0.6) is 5.75 Å². The Kier molecular flexibility index (Phi) is 5.02. The molecule has 0 spiro atoms. The smallest absolute Gasteiger partial charge is 0.406 e. The van der Waals surface area contributed by atoms with Gasteiger partial charge in [-0.2, -0.15) is 0 Å². The molecule has 1 aromatic rings. The molecule has 0 aliphatic carbocycles. The van der Waals surface area contributed by atoms with Gasteiger partial charge in [-0.15, -0.1) is 13.2 Å². The number of halogens is 3. The summed E-state index contributed by atoms with van der Waals surface area (Å²) in [5, 5.41) is 0. The molecule has 0 aromatic heterocycles. The average molecular weight is 261 g/mol. The van der Waals surface area contributed by atoms with Crippen molar-refractivity contribution < 1.29 is 17.9 Å². The van der Waals surface area contributed by atoms with Gasteiger partial charge in [-0.05, 0) is 56.4 Å². The molecule has 0 fully saturated rings. The van der Waals surface area contributed by atoms with Gasteiger partial charge in [0.25, 0.3) is 0 Å². The molecular formula is C13H18F3NO. The molecule has 0 aliphatic rings. The van der Waals surface area contributed by atoms with Crippen LogP contribution < -0.4 is 10.5 Å². The highest BCUT2D eigenvalue weighted by molar-refractivity contribution is 5.34. The van der Waals surface area contributed by atoms with Crippen LogP contribution in [-0.2, 0) is 6.42 Å². The molecule has 1 atom stereocenters. The first-order valence-electron chi connectivity index (χ1n) is 5.88. The molecule has 0 aliphatic heterocycles. The lowest BCUT2D eigenvalue weighted by Crippen LogP contribution is -2.17. The van der Waals surface area contributed by atoms with E-state index >= 15 is 0 Å². The van der Waals surface area contributed by atoms with Gasteiger partial charge < -0.3 is 10.5 Å². The second-order valence-corrected chi connectivity index (χ2v) is 4.57. The van der Waals surface area contributed by atoms with Crippen LogP contribution in [0.2, 0.25) is 0 Å². The van der Waals surface area contributed by atoms with Crippen molar-refractivity contribution in [3.05, 3.63) is 29.3 Å². The van der Waals surface area contributed by atoms with Crippen molar-refractivity contribution in [3.63, 3.8) is 0 Å². The van der Waals surface area contributed by atoms with E-state index in [1.165, 1.54) is 12.1 Å². The normalized spacial score (nSPS) is 13.4. The molecule has 2 nitrogen and oxygen atoms in total. The fourth-order valence-electron chi connectivity index (χ4n) is 1.79. The maximum Gasteiger partial charge on any atom is 0.573 e. The first-order chi connectivity index (χ1) is 8.26. The molecule has 2 N–H and O–H groups in total. The third-order valence-corrected chi connectivity index (χ3v) is 2.47. The van der Waals surface area contributed by atoms with Gasteiger partial charge in [0, 0.05) is 6.04 Å². The van der Waals surface area contributed by atoms with E-state index < -0.39 is 6.36 Å². The lowest BCUT2D eigenvalue weighted by atomic mass is 10.0. The molecular weight excluding hydrogens is 243 g/mol. The Labute approximate surface area is 105 Å². The molecule has 0 radical (unpaired) electrons. The minimum absolute atomic E-state index is 0.112. The summed E-state index contributed by atoms with van der Waals surface area (Å²) < 4.78 is 40.3. The van der Waals surface area contributed by atoms with E-state index in [4.69, 9.17) is 5.73 Å². The highest BCUT2D eigenvalue weighted by Crippen LogP contribution is 2.25. The maximum atomic E-state index is 12.1. The third-order valence-electron chi connectivity index (χ3n) is 2.47. The molecule has 1 aromatic carbocycles. The Morgan fingerprint density at radius 3 is 2.50 bits per heavy atom. The number of hydrogen-bond donors (Lipinski definition) is 1. The molecule has 0 bridgehead atoms. The van der Waals surface area contributed by atoms with E-state index in [1.807, 2.05) is 13.0 Å². The van der Waals surface area contributed by atoms with Crippen molar-refractivity contribution in [1.29, 1.82) is 0 Å². The van der Waals surface area contributed by atoms with E-state index in [2.05, 4.69) is 4.74 Å².